The van der Waals surface area contributed by atoms with E-state index in [4.69, 9.17) is 11.6 Å². The van der Waals surface area contributed by atoms with E-state index in [0.717, 1.165) is 11.1 Å². The molecule has 0 heterocycles. The lowest BCUT2D eigenvalue weighted by molar-refractivity contribution is -0.148. The predicted molar refractivity (Wildman–Crippen MR) is 59.1 cm³/mol. The van der Waals surface area contributed by atoms with Gasteiger partial charge in [-0.2, -0.15) is 0 Å². The van der Waals surface area contributed by atoms with Crippen LogP contribution in [0.5, 0.6) is 0 Å². The predicted octanol–water partition coefficient (Wildman–Crippen LogP) is 3.00. The van der Waals surface area contributed by atoms with Gasteiger partial charge in [0.25, 0.3) is 0 Å². The third-order valence-electron chi connectivity index (χ3n) is 3.38. The molecule has 0 saturated heterocycles. The van der Waals surface area contributed by atoms with Gasteiger partial charge in [-0.15, -0.1) is 11.6 Å². The topological polar surface area (TPSA) is 37.3 Å². The van der Waals surface area contributed by atoms with Gasteiger partial charge in [-0.1, -0.05) is 31.2 Å². The van der Waals surface area contributed by atoms with E-state index in [1.54, 1.807) is 0 Å². The van der Waals surface area contributed by atoms with Gasteiger partial charge in [0.1, 0.15) is 0 Å². The summed E-state index contributed by atoms with van der Waals surface area (Å²) in [5.74, 6) is -0.791. The highest BCUT2D eigenvalue weighted by Gasteiger charge is 2.49. The maximum atomic E-state index is 11.3. The van der Waals surface area contributed by atoms with Gasteiger partial charge in [0.2, 0.25) is 0 Å². The van der Waals surface area contributed by atoms with Crippen molar-refractivity contribution in [1.29, 1.82) is 0 Å². The van der Waals surface area contributed by atoms with Crippen molar-refractivity contribution >= 4 is 17.6 Å². The fraction of sp³-hybridized carbons (Fsp3) is 0.417. The summed E-state index contributed by atoms with van der Waals surface area (Å²) in [5, 5.41) is 8.92. The van der Waals surface area contributed by atoms with E-state index in [-0.39, 0.29) is 0 Å². The highest BCUT2D eigenvalue weighted by atomic mass is 35.5. The Bertz CT molecular complexity index is 402. The Morgan fingerprint density at radius 2 is 2.27 bits per heavy atom. The third kappa shape index (κ3) is 1.36. The van der Waals surface area contributed by atoms with Gasteiger partial charge in [-0.05, 0) is 24.0 Å². The zero-order valence-corrected chi connectivity index (χ0v) is 9.29. The van der Waals surface area contributed by atoms with Crippen LogP contribution >= 0.6 is 11.6 Å². The second kappa shape index (κ2) is 3.53. The number of rotatable bonds is 2. The zero-order chi connectivity index (χ0) is 11.1. The minimum Gasteiger partial charge on any atom is -0.481 e. The molecule has 3 heteroatoms. The number of carboxylic acids is 1. The van der Waals surface area contributed by atoms with Crippen molar-refractivity contribution in [2.45, 2.75) is 25.1 Å². The van der Waals surface area contributed by atoms with Gasteiger partial charge in [0, 0.05) is 0 Å². The van der Waals surface area contributed by atoms with Crippen LogP contribution in [0, 0.1) is 5.41 Å². The largest absolute Gasteiger partial charge is 0.481 e. The van der Waals surface area contributed by atoms with E-state index >= 15 is 0 Å². The van der Waals surface area contributed by atoms with Gasteiger partial charge in [0.15, 0.2) is 0 Å². The van der Waals surface area contributed by atoms with Crippen molar-refractivity contribution in [1.82, 2.24) is 0 Å². The van der Waals surface area contributed by atoms with Gasteiger partial charge < -0.3 is 5.11 Å². The maximum absolute atomic E-state index is 11.3. The Kier molecular flexibility index (Phi) is 2.47. The number of benzene rings is 1. The van der Waals surface area contributed by atoms with Crippen LogP contribution in [-0.2, 0) is 11.2 Å². The number of fused-ring (bicyclic) bond motifs is 1. The molecule has 0 radical (unpaired) electrons. The van der Waals surface area contributed by atoms with E-state index in [2.05, 4.69) is 0 Å². The molecule has 2 nitrogen and oxygen atoms in total. The van der Waals surface area contributed by atoms with Crippen LogP contribution in [0.25, 0.3) is 0 Å². The summed E-state index contributed by atoms with van der Waals surface area (Å²) in [6, 6.07) is 7.72. The van der Waals surface area contributed by atoms with E-state index in [1.807, 2.05) is 31.2 Å². The fourth-order valence-corrected chi connectivity index (χ4v) is 2.85. The third-order valence-corrected chi connectivity index (χ3v) is 4.03. The van der Waals surface area contributed by atoms with E-state index in [9.17, 15) is 9.90 Å². The molecule has 15 heavy (non-hydrogen) atoms. The standard InChI is InChI=1S/C12H13ClO2/c1-2-12(11(14)15)7-8-5-3-4-6-9(8)10(12)13/h3-6,10H,2,7H2,1H3,(H,14,15). The molecule has 80 valence electrons. The Morgan fingerprint density at radius 3 is 2.80 bits per heavy atom. The average Bonchev–Trinajstić information content (AvgIpc) is 2.53. The summed E-state index contributed by atoms with van der Waals surface area (Å²) < 4.78 is 0. The maximum Gasteiger partial charge on any atom is 0.311 e. The Morgan fingerprint density at radius 1 is 1.60 bits per heavy atom. The molecule has 0 aromatic heterocycles. The first-order valence-corrected chi connectivity index (χ1v) is 5.50. The molecule has 1 aromatic rings. The van der Waals surface area contributed by atoms with Crippen molar-refractivity contribution < 1.29 is 9.90 Å². The van der Waals surface area contributed by atoms with Crippen molar-refractivity contribution in [3.8, 4) is 0 Å². The first kappa shape index (κ1) is 10.5. The molecule has 0 saturated carbocycles. The van der Waals surface area contributed by atoms with Crippen molar-refractivity contribution in [3.63, 3.8) is 0 Å². The van der Waals surface area contributed by atoms with Crippen LogP contribution < -0.4 is 0 Å². The smallest absolute Gasteiger partial charge is 0.311 e. The molecule has 1 aliphatic carbocycles. The molecule has 2 atom stereocenters. The number of alkyl halides is 1. The number of carboxylic acid groups (broad SMARTS) is 1. The lowest BCUT2D eigenvalue weighted by Crippen LogP contribution is -2.32. The summed E-state index contributed by atoms with van der Waals surface area (Å²) in [7, 11) is 0. The number of hydrogen-bond acceptors (Lipinski definition) is 1. The molecule has 0 bridgehead atoms. The molecule has 0 spiro atoms. The van der Waals surface area contributed by atoms with E-state index in [1.165, 1.54) is 0 Å². The van der Waals surface area contributed by atoms with E-state index in [0.29, 0.717) is 12.8 Å². The molecular formula is C12H13ClO2. The van der Waals surface area contributed by atoms with Crippen LogP contribution in [0.2, 0.25) is 0 Å². The highest BCUT2D eigenvalue weighted by molar-refractivity contribution is 6.23. The van der Waals surface area contributed by atoms with Crippen LogP contribution in [0.4, 0.5) is 0 Å². The SMILES string of the molecule is CCC1(C(=O)O)Cc2ccccc2C1Cl. The minimum absolute atomic E-state index is 0.406. The molecule has 1 N–H and O–H groups in total. The summed E-state index contributed by atoms with van der Waals surface area (Å²) in [6.07, 6.45) is 1.11. The van der Waals surface area contributed by atoms with Gasteiger partial charge in [0.05, 0.1) is 10.8 Å². The molecular weight excluding hydrogens is 212 g/mol. The summed E-state index contributed by atoms with van der Waals surface area (Å²) >= 11 is 6.28. The second-order valence-corrected chi connectivity index (χ2v) is 4.49. The number of halogens is 1. The molecule has 0 amide bonds. The highest BCUT2D eigenvalue weighted by Crippen LogP contribution is 2.51. The number of carbonyl (C=O) groups is 1. The van der Waals surface area contributed by atoms with Gasteiger partial charge >= 0.3 is 5.97 Å². The van der Waals surface area contributed by atoms with Gasteiger partial charge in [-0.3, -0.25) is 4.79 Å². The summed E-state index contributed by atoms with van der Waals surface area (Å²) in [5.41, 5.74) is 1.23. The fourth-order valence-electron chi connectivity index (χ4n) is 2.31. The Labute approximate surface area is 93.9 Å². The zero-order valence-electron chi connectivity index (χ0n) is 8.53. The van der Waals surface area contributed by atoms with Gasteiger partial charge in [-0.25, -0.2) is 0 Å². The van der Waals surface area contributed by atoms with Crippen molar-refractivity contribution in [2.75, 3.05) is 0 Å². The van der Waals surface area contributed by atoms with Crippen LogP contribution in [0.1, 0.15) is 29.8 Å². The molecule has 0 fully saturated rings. The van der Waals surface area contributed by atoms with E-state index < -0.39 is 16.8 Å². The lowest BCUT2D eigenvalue weighted by Gasteiger charge is -2.25. The van der Waals surface area contributed by atoms with Crippen LogP contribution in [-0.4, -0.2) is 11.1 Å². The summed E-state index contributed by atoms with van der Waals surface area (Å²) in [6.45, 7) is 1.88. The van der Waals surface area contributed by atoms with Crippen LogP contribution in [0.3, 0.4) is 0 Å². The average molecular weight is 225 g/mol. The summed E-state index contributed by atoms with van der Waals surface area (Å²) in [4.78, 5) is 11.3. The number of aliphatic carboxylic acids is 1. The Hall–Kier alpha value is -1.02. The molecule has 0 aliphatic heterocycles. The normalized spacial score (nSPS) is 28.8. The molecule has 2 rings (SSSR count). The lowest BCUT2D eigenvalue weighted by atomic mass is 9.82. The quantitative estimate of drug-likeness (QED) is 0.785. The van der Waals surface area contributed by atoms with Crippen molar-refractivity contribution in [3.05, 3.63) is 35.4 Å². The van der Waals surface area contributed by atoms with Crippen molar-refractivity contribution in [2.24, 2.45) is 5.41 Å². The molecule has 2 unspecified atom stereocenters. The van der Waals surface area contributed by atoms with Crippen LogP contribution in [0.15, 0.2) is 24.3 Å². The minimum atomic E-state index is -0.814. The Balaban J connectivity index is 2.49. The molecule has 1 aromatic carbocycles. The monoisotopic (exact) mass is 224 g/mol. The first-order chi connectivity index (χ1) is 7.12. The number of hydrogen-bond donors (Lipinski definition) is 1. The first-order valence-electron chi connectivity index (χ1n) is 5.07. The molecule has 1 aliphatic rings. The second-order valence-electron chi connectivity index (χ2n) is 4.05.